The van der Waals surface area contributed by atoms with Gasteiger partial charge >= 0.3 is 0 Å². The van der Waals surface area contributed by atoms with E-state index in [1.165, 1.54) is 6.20 Å². The minimum absolute atomic E-state index is 0.410. The van der Waals surface area contributed by atoms with Crippen molar-refractivity contribution in [2.45, 2.75) is 5.03 Å². The Morgan fingerprint density at radius 1 is 1.60 bits per heavy atom. The van der Waals surface area contributed by atoms with Crippen molar-refractivity contribution in [1.29, 1.82) is 0 Å². The zero-order valence-electron chi connectivity index (χ0n) is 4.93. The maximum Gasteiger partial charge on any atom is 0.285 e. The quantitative estimate of drug-likeness (QED) is 0.368. The third-order valence-corrected chi connectivity index (χ3v) is 1.38. The van der Waals surface area contributed by atoms with Gasteiger partial charge in [-0.2, -0.15) is 0 Å². The second kappa shape index (κ2) is 3.17. The summed E-state index contributed by atoms with van der Waals surface area (Å²) in [5.74, 6) is 0. The summed E-state index contributed by atoms with van der Waals surface area (Å²) in [4.78, 5) is 13.6. The Morgan fingerprint density at radius 2 is 2.40 bits per heavy atom. The van der Waals surface area contributed by atoms with Crippen LogP contribution in [-0.2, 0) is 0 Å². The van der Waals surface area contributed by atoms with Gasteiger partial charge in [0.2, 0.25) is 0 Å². The smallest absolute Gasteiger partial charge is 0.250 e. The molecule has 1 aromatic heterocycles. The first kappa shape index (κ1) is 7.01. The summed E-state index contributed by atoms with van der Waals surface area (Å²) in [5, 5.41) is 10.3. The minimum Gasteiger partial charge on any atom is -0.250 e. The van der Waals surface area contributed by atoms with E-state index in [0.717, 1.165) is 0 Å². The summed E-state index contributed by atoms with van der Waals surface area (Å²) >= 11 is 0.510. The molecule has 1 rings (SSSR count). The van der Waals surface area contributed by atoms with E-state index in [2.05, 4.69) is 4.98 Å². The lowest BCUT2D eigenvalue weighted by atomic mass is 10.5. The normalized spacial score (nSPS) is 9.20. The zero-order valence-corrected chi connectivity index (χ0v) is 5.75. The van der Waals surface area contributed by atoms with Crippen LogP contribution in [0.15, 0.2) is 29.4 Å². The monoisotopic (exact) mass is 156 g/mol. The Morgan fingerprint density at radius 3 is 2.90 bits per heavy atom. The first-order chi connectivity index (χ1) is 4.79. The average Bonchev–Trinajstić information content (AvgIpc) is 1.88. The molecule has 0 bridgehead atoms. The molecule has 0 saturated carbocycles. The van der Waals surface area contributed by atoms with Crippen LogP contribution in [0.5, 0.6) is 0 Å². The highest BCUT2D eigenvalue weighted by Crippen LogP contribution is 2.12. The molecule has 0 N–H and O–H groups in total. The van der Waals surface area contributed by atoms with Crippen LogP contribution >= 0.6 is 11.9 Å². The van der Waals surface area contributed by atoms with Crippen molar-refractivity contribution in [2.75, 3.05) is 0 Å². The predicted molar refractivity (Wildman–Crippen MR) is 37.1 cm³/mol. The van der Waals surface area contributed by atoms with Gasteiger partial charge in [0.25, 0.3) is 11.9 Å². The van der Waals surface area contributed by atoms with Crippen LogP contribution < -0.4 is 0 Å². The van der Waals surface area contributed by atoms with Crippen molar-refractivity contribution in [2.24, 2.45) is 0 Å². The Labute approximate surface area is 61.6 Å². The van der Waals surface area contributed by atoms with Crippen LogP contribution in [-0.4, -0.2) is 9.31 Å². The van der Waals surface area contributed by atoms with E-state index >= 15 is 0 Å². The fraction of sp³-hybridized carbons (Fsp3) is 0. The molecule has 0 radical (unpaired) electrons. The second-order valence-electron chi connectivity index (χ2n) is 1.48. The lowest BCUT2D eigenvalue weighted by Gasteiger charge is -1.86. The van der Waals surface area contributed by atoms with Crippen LogP contribution in [0.25, 0.3) is 0 Å². The van der Waals surface area contributed by atoms with Gasteiger partial charge in [-0.15, -0.1) is 0 Å². The summed E-state index contributed by atoms with van der Waals surface area (Å²) < 4.78 is -0.484. The highest BCUT2D eigenvalue weighted by atomic mass is 32.2. The maximum atomic E-state index is 9.90. The first-order valence-corrected chi connectivity index (χ1v) is 3.30. The molecule has 1 heterocycles. The summed E-state index contributed by atoms with van der Waals surface area (Å²) in [7, 11) is 0. The average molecular weight is 156 g/mol. The first-order valence-electron chi connectivity index (χ1n) is 2.52. The third kappa shape index (κ3) is 2.02. The molecule has 0 atom stereocenters. The van der Waals surface area contributed by atoms with Gasteiger partial charge in [-0.05, 0) is 12.1 Å². The van der Waals surface area contributed by atoms with Crippen molar-refractivity contribution in [1.82, 2.24) is 4.98 Å². The molecule has 1 aromatic rings. The van der Waals surface area contributed by atoms with E-state index < -0.39 is 4.33 Å². The lowest BCUT2D eigenvalue weighted by molar-refractivity contribution is -0.284. The minimum atomic E-state index is -0.484. The lowest BCUT2D eigenvalue weighted by Crippen LogP contribution is -1.84. The molecule has 0 unspecified atom stereocenters. The van der Waals surface area contributed by atoms with Crippen molar-refractivity contribution in [3.63, 3.8) is 0 Å². The van der Waals surface area contributed by atoms with E-state index in [1.807, 2.05) is 0 Å². The summed E-state index contributed by atoms with van der Waals surface area (Å²) in [6.45, 7) is 0. The molecule has 0 fully saturated rings. The standard InChI is InChI=1S/C5H4N2O2S/c8-7(9)10-5-3-1-2-4-6-5/h1-4H. The van der Waals surface area contributed by atoms with Gasteiger partial charge in [0.05, 0.1) is 0 Å². The third-order valence-electron chi connectivity index (χ3n) is 0.806. The fourth-order valence-electron chi connectivity index (χ4n) is 0.477. The molecular formula is C5H4N2O2S. The molecule has 0 aliphatic rings. The van der Waals surface area contributed by atoms with Crippen LogP contribution in [0.2, 0.25) is 0 Å². The van der Waals surface area contributed by atoms with Gasteiger partial charge in [0, 0.05) is 6.20 Å². The van der Waals surface area contributed by atoms with E-state index in [9.17, 15) is 10.1 Å². The van der Waals surface area contributed by atoms with Gasteiger partial charge in [-0.25, -0.2) is 4.98 Å². The molecule has 5 heteroatoms. The summed E-state index contributed by atoms with van der Waals surface area (Å²) in [5.41, 5.74) is 0. The Balaban J connectivity index is 2.67. The molecule has 0 aromatic carbocycles. The van der Waals surface area contributed by atoms with Gasteiger partial charge in [-0.1, -0.05) is 6.07 Å². The van der Waals surface area contributed by atoms with Gasteiger partial charge in [-0.3, -0.25) is 10.1 Å². The van der Waals surface area contributed by atoms with Gasteiger partial charge in [0.15, 0.2) is 5.03 Å². The number of aromatic nitrogens is 1. The molecule has 4 nitrogen and oxygen atoms in total. The van der Waals surface area contributed by atoms with E-state index in [0.29, 0.717) is 17.0 Å². The number of hydrogen-bond acceptors (Lipinski definition) is 4. The van der Waals surface area contributed by atoms with Crippen LogP contribution in [0.4, 0.5) is 0 Å². The molecule has 0 saturated heterocycles. The van der Waals surface area contributed by atoms with Crippen molar-refractivity contribution in [3.05, 3.63) is 34.5 Å². The van der Waals surface area contributed by atoms with Crippen molar-refractivity contribution in [3.8, 4) is 0 Å². The van der Waals surface area contributed by atoms with E-state index in [-0.39, 0.29) is 0 Å². The number of nitro groups is 1. The number of hydrogen-bond donors (Lipinski definition) is 0. The van der Waals surface area contributed by atoms with Gasteiger partial charge in [0.1, 0.15) is 4.33 Å². The predicted octanol–water partition coefficient (Wildman–Crippen LogP) is 1.37. The fourth-order valence-corrected chi connectivity index (χ4v) is 0.878. The van der Waals surface area contributed by atoms with Crippen LogP contribution in [0.3, 0.4) is 0 Å². The number of pyridine rings is 1. The molecule has 10 heavy (non-hydrogen) atoms. The van der Waals surface area contributed by atoms with Crippen molar-refractivity contribution < 1.29 is 4.33 Å². The van der Waals surface area contributed by atoms with E-state index in [1.54, 1.807) is 18.2 Å². The molecular weight excluding hydrogens is 152 g/mol. The van der Waals surface area contributed by atoms with Crippen LogP contribution in [0, 0.1) is 10.1 Å². The second-order valence-corrected chi connectivity index (χ2v) is 2.38. The SMILES string of the molecule is O=[N+]([O-])Sc1ccccn1. The van der Waals surface area contributed by atoms with E-state index in [4.69, 9.17) is 0 Å². The maximum absolute atomic E-state index is 9.90. The largest absolute Gasteiger partial charge is 0.285 e. The highest BCUT2D eigenvalue weighted by Gasteiger charge is 2.03. The molecule has 0 amide bonds. The number of rotatable bonds is 2. The summed E-state index contributed by atoms with van der Waals surface area (Å²) in [6, 6.07) is 5.01. The molecule has 0 aliphatic heterocycles. The Bertz CT molecular complexity index is 226. The topological polar surface area (TPSA) is 56.0 Å². The molecule has 52 valence electrons. The summed E-state index contributed by atoms with van der Waals surface area (Å²) in [6.07, 6.45) is 1.52. The Hall–Kier alpha value is -1.10. The highest BCUT2D eigenvalue weighted by molar-refractivity contribution is 7.93. The molecule has 0 spiro atoms. The number of nitrogens with zero attached hydrogens (tertiary/aromatic N) is 2. The van der Waals surface area contributed by atoms with Crippen molar-refractivity contribution >= 4 is 11.9 Å². The van der Waals surface area contributed by atoms with Gasteiger partial charge < -0.3 is 0 Å². The molecule has 0 aliphatic carbocycles. The zero-order chi connectivity index (χ0) is 7.40. The van der Waals surface area contributed by atoms with Crippen LogP contribution in [0.1, 0.15) is 0 Å². The Kier molecular flexibility index (Phi) is 2.22.